The molecule has 0 aliphatic heterocycles. The Kier molecular flexibility index (Phi) is 3.40. The zero-order chi connectivity index (χ0) is 15.6. The lowest BCUT2D eigenvalue weighted by atomic mass is 10.1. The fourth-order valence-corrected chi connectivity index (χ4v) is 3.24. The minimum absolute atomic E-state index is 0.161. The van der Waals surface area contributed by atoms with Gasteiger partial charge in [-0.3, -0.25) is 9.20 Å². The average molecular weight is 319 g/mol. The van der Waals surface area contributed by atoms with Crippen molar-refractivity contribution in [2.75, 3.05) is 5.32 Å². The maximum Gasteiger partial charge on any atom is 0.248 e. The van der Waals surface area contributed by atoms with Crippen LogP contribution in [0.2, 0.25) is 0 Å². The van der Waals surface area contributed by atoms with Gasteiger partial charge in [0.1, 0.15) is 0 Å². The van der Waals surface area contributed by atoms with Crippen molar-refractivity contribution < 1.29 is 4.79 Å². The third-order valence-corrected chi connectivity index (χ3v) is 4.40. The third-order valence-electron chi connectivity index (χ3n) is 3.63. The molecule has 23 heavy (non-hydrogen) atoms. The number of imidazole rings is 1. The van der Waals surface area contributed by atoms with Crippen molar-refractivity contribution in [1.29, 1.82) is 0 Å². The van der Waals surface area contributed by atoms with Crippen LogP contribution >= 0.6 is 11.3 Å². The second-order valence-electron chi connectivity index (χ2n) is 5.09. The van der Waals surface area contributed by atoms with Crippen molar-refractivity contribution in [3.63, 3.8) is 0 Å². The Morgan fingerprint density at radius 2 is 2.04 bits per heavy atom. The van der Waals surface area contributed by atoms with Crippen LogP contribution in [0.3, 0.4) is 0 Å². The van der Waals surface area contributed by atoms with Gasteiger partial charge in [-0.05, 0) is 17.5 Å². The molecule has 2 aromatic heterocycles. The molecule has 5 heteroatoms. The number of benzene rings is 2. The molecule has 2 heterocycles. The van der Waals surface area contributed by atoms with Gasteiger partial charge in [-0.1, -0.05) is 36.4 Å². The van der Waals surface area contributed by atoms with Crippen LogP contribution in [0.4, 0.5) is 5.69 Å². The molecule has 0 fully saturated rings. The molecule has 2 aromatic carbocycles. The van der Waals surface area contributed by atoms with Gasteiger partial charge in [0.05, 0.1) is 11.9 Å². The minimum Gasteiger partial charge on any atom is -0.322 e. The molecular formula is C18H13N3OS. The lowest BCUT2D eigenvalue weighted by Crippen LogP contribution is -2.08. The summed E-state index contributed by atoms with van der Waals surface area (Å²) in [6, 6.07) is 13.9. The highest BCUT2D eigenvalue weighted by molar-refractivity contribution is 7.15. The van der Waals surface area contributed by atoms with E-state index in [1.54, 1.807) is 23.6 Å². The van der Waals surface area contributed by atoms with Crippen LogP contribution < -0.4 is 5.32 Å². The van der Waals surface area contributed by atoms with E-state index in [-0.39, 0.29) is 5.91 Å². The van der Waals surface area contributed by atoms with Gasteiger partial charge in [-0.25, -0.2) is 4.98 Å². The van der Waals surface area contributed by atoms with Gasteiger partial charge in [-0.2, -0.15) is 0 Å². The first-order valence-corrected chi connectivity index (χ1v) is 8.06. The van der Waals surface area contributed by atoms with Gasteiger partial charge < -0.3 is 5.32 Å². The van der Waals surface area contributed by atoms with Crippen molar-refractivity contribution in [3.05, 3.63) is 72.0 Å². The minimum atomic E-state index is -0.161. The Morgan fingerprint density at radius 1 is 1.17 bits per heavy atom. The monoisotopic (exact) mass is 319 g/mol. The van der Waals surface area contributed by atoms with Gasteiger partial charge in [0.2, 0.25) is 5.91 Å². The van der Waals surface area contributed by atoms with Crippen LogP contribution in [0.5, 0.6) is 0 Å². The number of hydrogen-bond donors (Lipinski definition) is 1. The fraction of sp³-hybridized carbons (Fsp3) is 0. The van der Waals surface area contributed by atoms with Gasteiger partial charge in [0.25, 0.3) is 0 Å². The average Bonchev–Trinajstić information content (AvgIpc) is 3.17. The van der Waals surface area contributed by atoms with E-state index in [0.717, 1.165) is 27.1 Å². The summed E-state index contributed by atoms with van der Waals surface area (Å²) in [5.41, 5.74) is 1.70. The van der Waals surface area contributed by atoms with Gasteiger partial charge in [-0.15, -0.1) is 11.3 Å². The van der Waals surface area contributed by atoms with E-state index in [4.69, 9.17) is 0 Å². The maximum atomic E-state index is 12.2. The van der Waals surface area contributed by atoms with Crippen LogP contribution in [0.15, 0.2) is 66.3 Å². The summed E-state index contributed by atoms with van der Waals surface area (Å²) in [6.07, 6.45) is 7.00. The van der Waals surface area contributed by atoms with Crippen molar-refractivity contribution in [2.24, 2.45) is 0 Å². The molecule has 1 amide bonds. The largest absolute Gasteiger partial charge is 0.322 e. The molecule has 0 atom stereocenters. The number of aromatic nitrogens is 2. The summed E-state index contributed by atoms with van der Waals surface area (Å²) in [4.78, 5) is 17.4. The quantitative estimate of drug-likeness (QED) is 0.575. The van der Waals surface area contributed by atoms with Crippen molar-refractivity contribution >= 4 is 44.7 Å². The summed E-state index contributed by atoms with van der Waals surface area (Å²) in [7, 11) is 0. The van der Waals surface area contributed by atoms with Crippen LogP contribution in [0, 0.1) is 0 Å². The predicted molar refractivity (Wildman–Crippen MR) is 94.7 cm³/mol. The lowest BCUT2D eigenvalue weighted by molar-refractivity contribution is -0.111. The number of rotatable bonds is 3. The number of thiazole rings is 1. The Balaban J connectivity index is 1.58. The third kappa shape index (κ3) is 2.62. The molecule has 4 rings (SSSR count). The topological polar surface area (TPSA) is 46.4 Å². The van der Waals surface area contributed by atoms with Gasteiger partial charge in [0.15, 0.2) is 4.96 Å². The number of fused-ring (bicyclic) bond motifs is 2. The normalized spacial score (nSPS) is 11.5. The van der Waals surface area contributed by atoms with Gasteiger partial charge >= 0.3 is 0 Å². The zero-order valence-electron chi connectivity index (χ0n) is 12.1. The van der Waals surface area contributed by atoms with E-state index in [1.165, 1.54) is 6.08 Å². The van der Waals surface area contributed by atoms with E-state index in [9.17, 15) is 4.79 Å². The SMILES string of the molecule is O=C(/C=C/c1cnc2sccn12)Nc1cccc2ccccc12. The number of nitrogens with zero attached hydrogens (tertiary/aromatic N) is 2. The van der Waals surface area contributed by atoms with E-state index < -0.39 is 0 Å². The highest BCUT2D eigenvalue weighted by Crippen LogP contribution is 2.23. The van der Waals surface area contributed by atoms with E-state index in [2.05, 4.69) is 10.3 Å². The Labute approximate surface area is 136 Å². The van der Waals surface area contributed by atoms with E-state index in [1.807, 2.05) is 58.4 Å². The molecule has 0 aliphatic carbocycles. The van der Waals surface area contributed by atoms with Crippen LogP contribution in [-0.2, 0) is 4.79 Å². The summed E-state index contributed by atoms with van der Waals surface area (Å²) in [5.74, 6) is -0.161. The molecule has 0 aliphatic rings. The number of amides is 1. The zero-order valence-corrected chi connectivity index (χ0v) is 13.0. The molecule has 0 saturated heterocycles. The standard InChI is InChI=1S/C18H13N3OS/c22-17(9-8-14-12-19-18-21(14)10-11-23-18)20-16-7-3-5-13-4-1-2-6-15(13)16/h1-12H,(H,20,22)/b9-8+. The lowest BCUT2D eigenvalue weighted by Gasteiger charge is -2.06. The smallest absolute Gasteiger partial charge is 0.248 e. The summed E-state index contributed by atoms with van der Waals surface area (Å²) < 4.78 is 1.95. The molecular weight excluding hydrogens is 306 g/mol. The van der Waals surface area contributed by atoms with Crippen molar-refractivity contribution in [1.82, 2.24) is 9.38 Å². The number of nitrogens with one attached hydrogen (secondary N) is 1. The van der Waals surface area contributed by atoms with Crippen molar-refractivity contribution in [2.45, 2.75) is 0 Å². The highest BCUT2D eigenvalue weighted by Gasteiger charge is 2.04. The Hall–Kier alpha value is -2.92. The number of carbonyl (C=O) groups is 1. The maximum absolute atomic E-state index is 12.2. The van der Waals surface area contributed by atoms with Gasteiger partial charge in [0, 0.05) is 28.7 Å². The molecule has 4 nitrogen and oxygen atoms in total. The predicted octanol–water partition coefficient (Wildman–Crippen LogP) is 4.20. The van der Waals surface area contributed by atoms with E-state index in [0.29, 0.717) is 0 Å². The molecule has 4 aromatic rings. The number of anilines is 1. The Morgan fingerprint density at radius 3 is 3.00 bits per heavy atom. The molecule has 0 spiro atoms. The van der Waals surface area contributed by atoms with Crippen molar-refractivity contribution in [3.8, 4) is 0 Å². The molecule has 1 N–H and O–H groups in total. The summed E-state index contributed by atoms with van der Waals surface area (Å²) in [6.45, 7) is 0. The highest BCUT2D eigenvalue weighted by atomic mass is 32.1. The molecule has 0 radical (unpaired) electrons. The first kappa shape index (κ1) is 13.7. The first-order valence-electron chi connectivity index (χ1n) is 7.19. The summed E-state index contributed by atoms with van der Waals surface area (Å²) in [5, 5.41) is 7.04. The molecule has 0 saturated carbocycles. The number of hydrogen-bond acceptors (Lipinski definition) is 3. The van der Waals surface area contributed by atoms with Crippen LogP contribution in [0.1, 0.15) is 5.69 Å². The molecule has 0 bridgehead atoms. The molecule has 0 unspecified atom stereocenters. The molecule has 112 valence electrons. The summed E-state index contributed by atoms with van der Waals surface area (Å²) >= 11 is 1.56. The van der Waals surface area contributed by atoms with Crippen LogP contribution in [0.25, 0.3) is 21.8 Å². The number of carbonyl (C=O) groups excluding carboxylic acids is 1. The van der Waals surface area contributed by atoms with E-state index >= 15 is 0 Å². The Bertz CT molecular complexity index is 1020. The first-order chi connectivity index (χ1) is 11.3. The second-order valence-corrected chi connectivity index (χ2v) is 5.96. The van der Waals surface area contributed by atoms with Crippen LogP contribution in [-0.4, -0.2) is 15.3 Å². The second kappa shape index (κ2) is 5.70. The fourth-order valence-electron chi connectivity index (χ4n) is 2.54.